The molecule has 0 saturated carbocycles. The van der Waals surface area contributed by atoms with Crippen LogP contribution in [-0.4, -0.2) is 64.6 Å². The third-order valence-corrected chi connectivity index (χ3v) is 7.15. The molecule has 4 rings (SSSR count). The summed E-state index contributed by atoms with van der Waals surface area (Å²) in [5.41, 5.74) is 1.74. The van der Waals surface area contributed by atoms with Gasteiger partial charge in [0.1, 0.15) is 17.2 Å². The number of fused-ring (bicyclic) bond motifs is 2. The molecule has 0 saturated heterocycles. The molecule has 0 aliphatic carbocycles. The number of nitrogens with zero attached hydrogens (tertiary/aromatic N) is 1. The normalized spacial score (nSPS) is 11.0. The second kappa shape index (κ2) is 14.3. The first-order valence-corrected chi connectivity index (χ1v) is 13.7. The highest BCUT2D eigenvalue weighted by Gasteiger charge is 2.13. The predicted octanol–water partition coefficient (Wildman–Crippen LogP) is 5.66. The van der Waals surface area contributed by atoms with Gasteiger partial charge in [0.15, 0.2) is 6.29 Å². The van der Waals surface area contributed by atoms with E-state index >= 15 is 0 Å². The van der Waals surface area contributed by atoms with Gasteiger partial charge in [-0.15, -0.1) is 0 Å². The molecular formula is C33H38N2O5. The summed E-state index contributed by atoms with van der Waals surface area (Å²) < 4.78 is 16.3. The highest BCUT2D eigenvalue weighted by molar-refractivity contribution is 6.02. The number of aldehydes is 1. The van der Waals surface area contributed by atoms with E-state index in [4.69, 9.17) is 14.2 Å². The zero-order valence-corrected chi connectivity index (χ0v) is 23.6. The Labute approximate surface area is 236 Å². The number of hydrogen-bond acceptors (Lipinski definition) is 6. The SMILES string of the molecule is COc1cc(OCCCC(=O)N(C)CCNCCCc2c3ccccc3cc3ccccc23)cc(OC)c1C=O. The molecule has 7 heteroatoms. The topological polar surface area (TPSA) is 77.1 Å². The van der Waals surface area contributed by atoms with Gasteiger partial charge in [0.05, 0.1) is 26.4 Å². The van der Waals surface area contributed by atoms with E-state index in [0.29, 0.717) is 55.1 Å². The van der Waals surface area contributed by atoms with Gasteiger partial charge >= 0.3 is 0 Å². The fourth-order valence-corrected chi connectivity index (χ4v) is 4.98. The van der Waals surface area contributed by atoms with Crippen LogP contribution in [0, 0.1) is 0 Å². The molecular weight excluding hydrogens is 504 g/mol. The maximum atomic E-state index is 12.6. The zero-order valence-electron chi connectivity index (χ0n) is 23.6. The average Bonchev–Trinajstić information content (AvgIpc) is 2.99. The fourth-order valence-electron chi connectivity index (χ4n) is 4.98. The van der Waals surface area contributed by atoms with Crippen molar-refractivity contribution in [1.82, 2.24) is 10.2 Å². The minimum absolute atomic E-state index is 0.0825. The number of ether oxygens (including phenoxy) is 3. The summed E-state index contributed by atoms with van der Waals surface area (Å²) in [5, 5.41) is 8.71. The van der Waals surface area contributed by atoms with Gasteiger partial charge in [-0.3, -0.25) is 9.59 Å². The Balaban J connectivity index is 1.16. The van der Waals surface area contributed by atoms with Crippen LogP contribution in [0.1, 0.15) is 35.2 Å². The number of benzene rings is 4. The van der Waals surface area contributed by atoms with Crippen LogP contribution in [0.25, 0.3) is 21.5 Å². The zero-order chi connectivity index (χ0) is 28.3. The number of amides is 1. The van der Waals surface area contributed by atoms with Crippen LogP contribution < -0.4 is 19.5 Å². The third-order valence-electron chi connectivity index (χ3n) is 7.15. The first kappa shape index (κ1) is 28.9. The van der Waals surface area contributed by atoms with E-state index in [1.807, 2.05) is 7.05 Å². The second-order valence-corrected chi connectivity index (χ2v) is 9.78. The van der Waals surface area contributed by atoms with Gasteiger partial charge in [0.25, 0.3) is 0 Å². The van der Waals surface area contributed by atoms with Gasteiger partial charge < -0.3 is 24.4 Å². The molecule has 0 bridgehead atoms. The Kier molecular flexibility index (Phi) is 10.4. The van der Waals surface area contributed by atoms with Gasteiger partial charge in [-0.1, -0.05) is 48.5 Å². The lowest BCUT2D eigenvalue weighted by atomic mass is 9.94. The first-order valence-electron chi connectivity index (χ1n) is 13.7. The summed E-state index contributed by atoms with van der Waals surface area (Å²) in [7, 11) is 4.81. The van der Waals surface area contributed by atoms with Crippen LogP contribution in [0.15, 0.2) is 66.7 Å². The van der Waals surface area contributed by atoms with E-state index in [1.165, 1.54) is 41.3 Å². The largest absolute Gasteiger partial charge is 0.496 e. The van der Waals surface area contributed by atoms with Crippen LogP contribution in [0.5, 0.6) is 17.2 Å². The summed E-state index contributed by atoms with van der Waals surface area (Å²) in [6.45, 7) is 2.66. The van der Waals surface area contributed by atoms with E-state index in [9.17, 15) is 9.59 Å². The summed E-state index contributed by atoms with van der Waals surface area (Å²) >= 11 is 0. The number of aryl methyl sites for hydroxylation is 1. The van der Waals surface area contributed by atoms with Crippen molar-refractivity contribution >= 4 is 33.7 Å². The maximum absolute atomic E-state index is 12.6. The standard InChI is InChI=1S/C33H38N2O5/c1-35(33(37)15-9-19-40-26-21-31(38-2)30(23-36)32(22-26)39-3)18-17-34-16-8-14-29-27-12-6-4-10-24(27)20-25-11-5-7-13-28(25)29/h4-7,10-13,20-23,34H,8-9,14-19H2,1-3H3. The monoisotopic (exact) mass is 542 g/mol. The molecule has 1 amide bonds. The van der Waals surface area contributed by atoms with Crippen LogP contribution in [0.2, 0.25) is 0 Å². The summed E-state index contributed by atoms with van der Waals surface area (Å²) in [6, 6.07) is 22.8. The van der Waals surface area contributed by atoms with Crippen molar-refractivity contribution in [2.24, 2.45) is 0 Å². The predicted molar refractivity (Wildman–Crippen MR) is 160 cm³/mol. The molecule has 0 radical (unpaired) electrons. The van der Waals surface area contributed by atoms with Crippen molar-refractivity contribution in [2.75, 3.05) is 47.5 Å². The van der Waals surface area contributed by atoms with Crippen LogP contribution in [0.3, 0.4) is 0 Å². The molecule has 0 aliphatic rings. The Morgan fingerprint density at radius 1 is 0.875 bits per heavy atom. The van der Waals surface area contributed by atoms with Gasteiger partial charge in [0, 0.05) is 38.7 Å². The molecule has 0 aliphatic heterocycles. The lowest BCUT2D eigenvalue weighted by Gasteiger charge is -2.18. The number of carbonyl (C=O) groups excluding carboxylic acids is 2. The molecule has 0 atom stereocenters. The minimum atomic E-state index is 0.0825. The molecule has 4 aromatic rings. The van der Waals surface area contributed by atoms with E-state index in [-0.39, 0.29) is 5.91 Å². The molecule has 0 aromatic heterocycles. The number of hydrogen-bond donors (Lipinski definition) is 1. The minimum Gasteiger partial charge on any atom is -0.496 e. The van der Waals surface area contributed by atoms with Crippen LogP contribution in [-0.2, 0) is 11.2 Å². The molecule has 40 heavy (non-hydrogen) atoms. The smallest absolute Gasteiger partial charge is 0.222 e. The molecule has 0 spiro atoms. The van der Waals surface area contributed by atoms with Crippen molar-refractivity contribution in [3.63, 3.8) is 0 Å². The van der Waals surface area contributed by atoms with Crippen LogP contribution in [0.4, 0.5) is 0 Å². The summed E-state index contributed by atoms with van der Waals surface area (Å²) in [4.78, 5) is 25.6. The van der Waals surface area contributed by atoms with Gasteiger partial charge in [-0.25, -0.2) is 0 Å². The average molecular weight is 543 g/mol. The van der Waals surface area contributed by atoms with Gasteiger partial charge in [-0.05, 0) is 59.0 Å². The van der Waals surface area contributed by atoms with E-state index in [1.54, 1.807) is 17.0 Å². The van der Waals surface area contributed by atoms with Crippen molar-refractivity contribution in [3.8, 4) is 17.2 Å². The Bertz CT molecular complexity index is 1370. The molecule has 0 unspecified atom stereocenters. The summed E-state index contributed by atoms with van der Waals surface area (Å²) in [5.74, 6) is 1.39. The fraction of sp³-hybridized carbons (Fsp3) is 0.333. The lowest BCUT2D eigenvalue weighted by molar-refractivity contribution is -0.130. The van der Waals surface area contributed by atoms with Crippen molar-refractivity contribution in [1.29, 1.82) is 0 Å². The first-order chi connectivity index (χ1) is 19.5. The molecule has 4 aromatic carbocycles. The van der Waals surface area contributed by atoms with Crippen molar-refractivity contribution < 1.29 is 23.8 Å². The molecule has 210 valence electrons. The Hall–Kier alpha value is -4.10. The van der Waals surface area contributed by atoms with E-state index in [2.05, 4.69) is 59.9 Å². The number of methoxy groups -OCH3 is 2. The third kappa shape index (κ3) is 7.10. The highest BCUT2D eigenvalue weighted by Crippen LogP contribution is 2.33. The number of carbonyl (C=O) groups is 2. The Morgan fingerprint density at radius 3 is 2.10 bits per heavy atom. The molecule has 1 N–H and O–H groups in total. The van der Waals surface area contributed by atoms with Crippen LogP contribution >= 0.6 is 0 Å². The number of nitrogens with one attached hydrogen (secondary N) is 1. The lowest BCUT2D eigenvalue weighted by Crippen LogP contribution is -2.34. The summed E-state index contributed by atoms with van der Waals surface area (Å²) in [6.07, 6.45) is 3.69. The molecule has 0 heterocycles. The quantitative estimate of drug-likeness (QED) is 0.119. The maximum Gasteiger partial charge on any atom is 0.222 e. The highest BCUT2D eigenvalue weighted by atomic mass is 16.5. The van der Waals surface area contributed by atoms with Gasteiger partial charge in [-0.2, -0.15) is 0 Å². The second-order valence-electron chi connectivity index (χ2n) is 9.78. The van der Waals surface area contributed by atoms with Gasteiger partial charge in [0.2, 0.25) is 5.91 Å². The van der Waals surface area contributed by atoms with Crippen molar-refractivity contribution in [3.05, 3.63) is 77.9 Å². The molecule has 0 fully saturated rings. The van der Waals surface area contributed by atoms with Crippen molar-refractivity contribution in [2.45, 2.75) is 25.7 Å². The van der Waals surface area contributed by atoms with E-state index < -0.39 is 0 Å². The van der Waals surface area contributed by atoms with E-state index in [0.717, 1.165) is 25.9 Å². The number of rotatable bonds is 15. The number of likely N-dealkylation sites (N-methyl/N-ethyl adjacent to an activating group) is 1. The Morgan fingerprint density at radius 2 is 1.50 bits per heavy atom. The molecule has 7 nitrogen and oxygen atoms in total.